The van der Waals surface area contributed by atoms with Gasteiger partial charge in [-0.25, -0.2) is 9.78 Å². The van der Waals surface area contributed by atoms with Crippen molar-refractivity contribution in [3.05, 3.63) is 26.6 Å². The molecule has 0 aliphatic heterocycles. The number of aryl methyl sites for hydroxylation is 3. The van der Waals surface area contributed by atoms with Gasteiger partial charge in [0.1, 0.15) is 16.7 Å². The van der Waals surface area contributed by atoms with Crippen molar-refractivity contribution in [1.82, 2.24) is 15.3 Å². The molecule has 0 aromatic carbocycles. The second-order valence-corrected chi connectivity index (χ2v) is 6.92. The van der Waals surface area contributed by atoms with Gasteiger partial charge in [0, 0.05) is 37.9 Å². The van der Waals surface area contributed by atoms with Gasteiger partial charge in [0.05, 0.1) is 5.39 Å². The van der Waals surface area contributed by atoms with Crippen molar-refractivity contribution in [3.8, 4) is 0 Å². The normalized spacial score (nSPS) is 12.3. The number of carboxylic acid groups (broad SMARTS) is 1. The highest BCUT2D eigenvalue weighted by molar-refractivity contribution is 7.18. The molecule has 3 N–H and O–H groups in total. The molecule has 0 aliphatic carbocycles. The number of rotatable bonds is 8. The zero-order valence-electron chi connectivity index (χ0n) is 14.3. The van der Waals surface area contributed by atoms with Crippen molar-refractivity contribution in [2.75, 3.05) is 13.7 Å². The molecule has 0 bridgehead atoms. The van der Waals surface area contributed by atoms with E-state index in [2.05, 4.69) is 15.3 Å². The minimum absolute atomic E-state index is 0.0363. The summed E-state index contributed by atoms with van der Waals surface area (Å²) >= 11 is 1.44. The fourth-order valence-corrected chi connectivity index (χ4v) is 3.46. The van der Waals surface area contributed by atoms with Crippen molar-refractivity contribution in [2.45, 2.75) is 39.2 Å². The molecular weight excluding hydrogens is 346 g/mol. The number of aromatic nitrogens is 2. The largest absolute Gasteiger partial charge is 0.480 e. The smallest absolute Gasteiger partial charge is 0.326 e. The monoisotopic (exact) mass is 367 g/mol. The van der Waals surface area contributed by atoms with Crippen molar-refractivity contribution in [1.29, 1.82) is 0 Å². The summed E-state index contributed by atoms with van der Waals surface area (Å²) < 4.78 is 4.84. The molecule has 1 unspecified atom stereocenters. The summed E-state index contributed by atoms with van der Waals surface area (Å²) in [4.78, 5) is 44.0. The van der Waals surface area contributed by atoms with Crippen LogP contribution >= 0.6 is 11.3 Å². The number of nitrogens with one attached hydrogen (secondary N) is 2. The molecular formula is C16H21N3O5S. The van der Waals surface area contributed by atoms with Gasteiger partial charge in [0.25, 0.3) is 5.56 Å². The van der Waals surface area contributed by atoms with E-state index >= 15 is 0 Å². The summed E-state index contributed by atoms with van der Waals surface area (Å²) in [6, 6.07) is -0.996. The minimum Gasteiger partial charge on any atom is -0.480 e. The molecule has 0 fully saturated rings. The fraction of sp³-hybridized carbons (Fsp3) is 0.500. The average Bonchev–Trinajstić information content (AvgIpc) is 2.84. The molecule has 0 aliphatic rings. The highest BCUT2D eigenvalue weighted by atomic mass is 32.1. The molecule has 136 valence electrons. The SMILES string of the molecule is COCCC(NC(=O)CCc1nc2sc(C)c(C)c2c(=O)[nH]1)C(=O)O. The third-order valence-electron chi connectivity index (χ3n) is 3.92. The van der Waals surface area contributed by atoms with Crippen molar-refractivity contribution in [3.63, 3.8) is 0 Å². The lowest BCUT2D eigenvalue weighted by molar-refractivity contribution is -0.142. The van der Waals surface area contributed by atoms with Crippen LogP contribution in [0.2, 0.25) is 0 Å². The molecule has 0 spiro atoms. The Labute approximate surface area is 148 Å². The van der Waals surface area contributed by atoms with Crippen LogP contribution in [0.1, 0.15) is 29.1 Å². The first-order valence-corrected chi connectivity index (χ1v) is 8.65. The van der Waals surface area contributed by atoms with Gasteiger partial charge in [-0.15, -0.1) is 11.3 Å². The van der Waals surface area contributed by atoms with Crippen LogP contribution in [0.5, 0.6) is 0 Å². The minimum atomic E-state index is -1.11. The first-order chi connectivity index (χ1) is 11.8. The standard InChI is InChI=1S/C16H21N3O5S/c1-8-9(2)25-15-13(8)14(21)18-11(19-15)4-5-12(20)17-10(16(22)23)6-7-24-3/h10H,4-7H2,1-3H3,(H,17,20)(H,22,23)(H,18,19,21). The van der Waals surface area contributed by atoms with Crippen LogP contribution in [-0.2, 0) is 20.7 Å². The van der Waals surface area contributed by atoms with E-state index in [0.717, 1.165) is 10.4 Å². The fourth-order valence-electron chi connectivity index (χ4n) is 2.41. The number of H-pyrrole nitrogens is 1. The van der Waals surface area contributed by atoms with Crippen LogP contribution in [0.15, 0.2) is 4.79 Å². The molecule has 1 amide bonds. The third kappa shape index (κ3) is 4.64. The summed E-state index contributed by atoms with van der Waals surface area (Å²) in [6.45, 7) is 4.05. The molecule has 0 saturated heterocycles. The molecule has 0 saturated carbocycles. The van der Waals surface area contributed by atoms with Gasteiger partial charge in [-0.05, 0) is 19.4 Å². The lowest BCUT2D eigenvalue weighted by atomic mass is 10.2. The number of carboxylic acids is 1. The predicted molar refractivity (Wildman–Crippen MR) is 94.1 cm³/mol. The molecule has 9 heteroatoms. The van der Waals surface area contributed by atoms with Gasteiger partial charge in [-0.2, -0.15) is 0 Å². The van der Waals surface area contributed by atoms with E-state index in [-0.39, 0.29) is 31.4 Å². The molecule has 8 nitrogen and oxygen atoms in total. The first-order valence-electron chi connectivity index (χ1n) is 7.83. The van der Waals surface area contributed by atoms with Crippen molar-refractivity contribution < 1.29 is 19.4 Å². The van der Waals surface area contributed by atoms with E-state index in [0.29, 0.717) is 16.0 Å². The summed E-state index contributed by atoms with van der Waals surface area (Å²) in [5.74, 6) is -1.11. The van der Waals surface area contributed by atoms with E-state index < -0.39 is 17.9 Å². The lowest BCUT2D eigenvalue weighted by Gasteiger charge is -2.13. The zero-order valence-corrected chi connectivity index (χ0v) is 15.2. The summed E-state index contributed by atoms with van der Waals surface area (Å²) in [5.41, 5.74) is 0.700. The Morgan fingerprint density at radius 2 is 2.12 bits per heavy atom. The van der Waals surface area contributed by atoms with Crippen LogP contribution in [0.25, 0.3) is 10.2 Å². The number of hydrogen-bond acceptors (Lipinski definition) is 6. The molecule has 25 heavy (non-hydrogen) atoms. The molecule has 2 rings (SSSR count). The number of nitrogens with zero attached hydrogens (tertiary/aromatic N) is 1. The number of aliphatic carboxylic acids is 1. The van der Waals surface area contributed by atoms with Gasteiger partial charge >= 0.3 is 5.97 Å². The Morgan fingerprint density at radius 3 is 2.76 bits per heavy atom. The van der Waals surface area contributed by atoms with Crippen LogP contribution in [0.3, 0.4) is 0 Å². The number of amides is 1. The van der Waals surface area contributed by atoms with Crippen LogP contribution in [-0.4, -0.2) is 46.7 Å². The Bertz CT molecular complexity index is 842. The number of carbonyl (C=O) groups is 2. The van der Waals surface area contributed by atoms with E-state index in [1.54, 1.807) is 0 Å². The molecule has 2 aromatic heterocycles. The number of hydrogen-bond donors (Lipinski definition) is 3. The Morgan fingerprint density at radius 1 is 1.40 bits per heavy atom. The van der Waals surface area contributed by atoms with Gasteiger partial charge in [-0.1, -0.05) is 0 Å². The van der Waals surface area contributed by atoms with E-state index in [4.69, 9.17) is 9.84 Å². The van der Waals surface area contributed by atoms with Gasteiger partial charge in [0.2, 0.25) is 5.91 Å². The highest BCUT2D eigenvalue weighted by Gasteiger charge is 2.19. The van der Waals surface area contributed by atoms with Crippen molar-refractivity contribution >= 4 is 33.4 Å². The maximum absolute atomic E-state index is 12.2. The number of thiophene rings is 1. The topological polar surface area (TPSA) is 121 Å². The van der Waals surface area contributed by atoms with Crippen LogP contribution < -0.4 is 10.9 Å². The Kier molecular flexibility index (Phi) is 6.27. The number of carbonyl (C=O) groups excluding carboxylic acids is 1. The third-order valence-corrected chi connectivity index (χ3v) is 5.02. The average molecular weight is 367 g/mol. The Balaban J connectivity index is 2.03. The second kappa shape index (κ2) is 8.21. The first kappa shape index (κ1) is 19.1. The summed E-state index contributed by atoms with van der Waals surface area (Å²) in [5, 5.41) is 12.1. The predicted octanol–water partition coefficient (Wildman–Crippen LogP) is 1.14. The summed E-state index contributed by atoms with van der Waals surface area (Å²) in [7, 11) is 1.47. The van der Waals surface area contributed by atoms with Crippen LogP contribution in [0.4, 0.5) is 0 Å². The maximum Gasteiger partial charge on any atom is 0.326 e. The number of ether oxygens (including phenoxy) is 1. The number of fused-ring (bicyclic) bond motifs is 1. The highest BCUT2D eigenvalue weighted by Crippen LogP contribution is 2.25. The van der Waals surface area contributed by atoms with E-state index in [1.165, 1.54) is 18.4 Å². The maximum atomic E-state index is 12.2. The van der Waals surface area contributed by atoms with Gasteiger partial charge < -0.3 is 20.1 Å². The van der Waals surface area contributed by atoms with Crippen LogP contribution in [0, 0.1) is 13.8 Å². The summed E-state index contributed by atoms with van der Waals surface area (Å²) in [6.07, 6.45) is 0.449. The van der Waals surface area contributed by atoms with E-state index in [9.17, 15) is 14.4 Å². The second-order valence-electron chi connectivity index (χ2n) is 5.72. The number of aromatic amines is 1. The lowest BCUT2D eigenvalue weighted by Crippen LogP contribution is -2.41. The molecule has 1 atom stereocenters. The van der Waals surface area contributed by atoms with Gasteiger partial charge in [0.15, 0.2) is 0 Å². The Hall–Kier alpha value is -2.26. The number of methoxy groups -OCH3 is 1. The van der Waals surface area contributed by atoms with Gasteiger partial charge in [-0.3, -0.25) is 9.59 Å². The van der Waals surface area contributed by atoms with Crippen molar-refractivity contribution in [2.24, 2.45) is 0 Å². The molecule has 2 heterocycles. The quantitative estimate of drug-likeness (QED) is 0.643. The molecule has 0 radical (unpaired) electrons. The zero-order chi connectivity index (χ0) is 18.6. The van der Waals surface area contributed by atoms with E-state index in [1.807, 2.05) is 13.8 Å². The molecule has 2 aromatic rings.